The Hall–Kier alpha value is -1.46. The van der Waals surface area contributed by atoms with E-state index in [9.17, 15) is 9.59 Å². The molecule has 6 nitrogen and oxygen atoms in total. The van der Waals surface area contributed by atoms with E-state index in [-0.39, 0.29) is 17.8 Å². The lowest BCUT2D eigenvalue weighted by atomic mass is 10.1. The third kappa shape index (κ3) is 6.79. The van der Waals surface area contributed by atoms with Gasteiger partial charge in [0.25, 0.3) is 11.1 Å². The summed E-state index contributed by atoms with van der Waals surface area (Å²) in [4.78, 5) is 26.6. The van der Waals surface area contributed by atoms with Crippen LogP contribution < -0.4 is 9.47 Å². The standard InChI is InChI=1S/C23H22Cl2INO5S/c1-3-31-19-11-15(12-20-22(28)27(23(29)33-20)7-4-8-30-2)10-18(26)21(19)32-13-14-5-6-16(24)17(25)9-14/h5-6,9-12H,3-4,7-8,13H2,1-2H3/b20-12+. The van der Waals surface area contributed by atoms with Gasteiger partial charge >= 0.3 is 0 Å². The lowest BCUT2D eigenvalue weighted by Crippen LogP contribution is -2.29. The topological polar surface area (TPSA) is 65.1 Å². The third-order valence-electron chi connectivity index (χ3n) is 4.60. The Morgan fingerprint density at radius 2 is 1.91 bits per heavy atom. The zero-order chi connectivity index (χ0) is 24.0. The Morgan fingerprint density at radius 3 is 2.61 bits per heavy atom. The fourth-order valence-corrected chi connectivity index (χ4v) is 5.04. The Labute approximate surface area is 220 Å². The first-order valence-electron chi connectivity index (χ1n) is 10.1. The molecular formula is C23H22Cl2INO5S. The molecule has 2 aromatic rings. The summed E-state index contributed by atoms with van der Waals surface area (Å²) in [6.45, 7) is 3.43. The summed E-state index contributed by atoms with van der Waals surface area (Å²) in [5.41, 5.74) is 1.61. The number of methoxy groups -OCH3 is 1. The van der Waals surface area contributed by atoms with Crippen molar-refractivity contribution in [2.24, 2.45) is 0 Å². The molecule has 1 saturated heterocycles. The minimum Gasteiger partial charge on any atom is -0.490 e. The molecule has 0 bridgehead atoms. The number of thioether (sulfide) groups is 1. The van der Waals surface area contributed by atoms with E-state index < -0.39 is 0 Å². The number of carbonyl (C=O) groups is 2. The first-order valence-corrected chi connectivity index (χ1v) is 12.8. The van der Waals surface area contributed by atoms with Crippen LogP contribution in [0.4, 0.5) is 4.79 Å². The SMILES string of the molecule is CCOc1cc(/C=C2/SC(=O)N(CCCOC)C2=O)cc(I)c1OCc1ccc(Cl)c(Cl)c1. The van der Waals surface area contributed by atoms with Gasteiger partial charge in [0.15, 0.2) is 11.5 Å². The van der Waals surface area contributed by atoms with Gasteiger partial charge in [-0.05, 0) is 89.2 Å². The average Bonchev–Trinajstić information content (AvgIpc) is 3.03. The monoisotopic (exact) mass is 621 g/mol. The first kappa shape index (κ1) is 26.2. The molecule has 0 atom stereocenters. The van der Waals surface area contributed by atoms with Crippen molar-refractivity contribution in [3.05, 3.63) is 60.0 Å². The van der Waals surface area contributed by atoms with Crippen molar-refractivity contribution in [1.82, 2.24) is 4.90 Å². The second-order valence-corrected chi connectivity index (χ2v) is 9.95. The molecule has 10 heteroatoms. The van der Waals surface area contributed by atoms with Crippen LogP contribution in [0.5, 0.6) is 11.5 Å². The zero-order valence-electron chi connectivity index (χ0n) is 18.0. The number of imide groups is 1. The van der Waals surface area contributed by atoms with Crippen LogP contribution in [0, 0.1) is 3.57 Å². The van der Waals surface area contributed by atoms with E-state index >= 15 is 0 Å². The van der Waals surface area contributed by atoms with E-state index in [1.54, 1.807) is 31.4 Å². The van der Waals surface area contributed by atoms with E-state index in [4.69, 9.17) is 37.4 Å². The van der Waals surface area contributed by atoms with Crippen LogP contribution in [-0.4, -0.2) is 42.9 Å². The van der Waals surface area contributed by atoms with E-state index in [0.29, 0.717) is 52.6 Å². The molecule has 0 N–H and O–H groups in total. The number of hydrogen-bond acceptors (Lipinski definition) is 6. The Morgan fingerprint density at radius 1 is 1.12 bits per heavy atom. The molecule has 2 aromatic carbocycles. The molecule has 0 unspecified atom stereocenters. The van der Waals surface area contributed by atoms with Crippen molar-refractivity contribution >= 4 is 74.8 Å². The highest BCUT2D eigenvalue weighted by Gasteiger charge is 2.34. The minimum atomic E-state index is -0.297. The van der Waals surface area contributed by atoms with Gasteiger partial charge < -0.3 is 14.2 Å². The second kappa shape index (κ2) is 12.3. The number of hydrogen-bond donors (Lipinski definition) is 0. The van der Waals surface area contributed by atoms with Gasteiger partial charge in [-0.25, -0.2) is 0 Å². The molecule has 0 radical (unpaired) electrons. The Balaban J connectivity index is 1.81. The van der Waals surface area contributed by atoms with E-state index in [2.05, 4.69) is 22.6 Å². The molecule has 1 fully saturated rings. The molecule has 1 heterocycles. The highest BCUT2D eigenvalue weighted by molar-refractivity contribution is 14.1. The van der Waals surface area contributed by atoms with Crippen LogP contribution in [0.3, 0.4) is 0 Å². The molecule has 0 aliphatic carbocycles. The molecule has 3 rings (SSSR count). The summed E-state index contributed by atoms with van der Waals surface area (Å²) in [5, 5.41) is 0.671. The maximum atomic E-state index is 12.7. The molecule has 1 aliphatic heterocycles. The zero-order valence-corrected chi connectivity index (χ0v) is 22.5. The number of ether oxygens (including phenoxy) is 3. The van der Waals surface area contributed by atoms with Crippen molar-refractivity contribution in [2.75, 3.05) is 26.9 Å². The largest absolute Gasteiger partial charge is 0.490 e. The normalized spacial score (nSPS) is 14.9. The predicted octanol–water partition coefficient (Wildman–Crippen LogP) is 6.65. The lowest BCUT2D eigenvalue weighted by molar-refractivity contribution is -0.122. The number of rotatable bonds is 10. The predicted molar refractivity (Wildman–Crippen MR) is 140 cm³/mol. The summed E-state index contributed by atoms with van der Waals surface area (Å²) >= 11 is 15.2. The van der Waals surface area contributed by atoms with Gasteiger partial charge in [0.1, 0.15) is 6.61 Å². The van der Waals surface area contributed by atoms with Crippen molar-refractivity contribution < 1.29 is 23.8 Å². The number of nitrogens with zero attached hydrogens (tertiary/aromatic N) is 1. The first-order chi connectivity index (χ1) is 15.8. The van der Waals surface area contributed by atoms with Crippen LogP contribution in [0.1, 0.15) is 24.5 Å². The second-order valence-electron chi connectivity index (χ2n) is 6.98. The molecule has 0 aromatic heterocycles. The minimum absolute atomic E-state index is 0.274. The Kier molecular flexibility index (Phi) is 9.75. The van der Waals surface area contributed by atoms with Gasteiger partial charge in [-0.15, -0.1) is 0 Å². The van der Waals surface area contributed by atoms with Gasteiger partial charge in [0.05, 0.1) is 25.1 Å². The highest BCUT2D eigenvalue weighted by atomic mass is 127. The van der Waals surface area contributed by atoms with Gasteiger partial charge in [-0.1, -0.05) is 29.3 Å². The van der Waals surface area contributed by atoms with Crippen LogP contribution >= 0.6 is 57.6 Å². The van der Waals surface area contributed by atoms with Gasteiger partial charge in [-0.2, -0.15) is 0 Å². The molecule has 176 valence electrons. The van der Waals surface area contributed by atoms with Crippen molar-refractivity contribution in [2.45, 2.75) is 20.0 Å². The lowest BCUT2D eigenvalue weighted by Gasteiger charge is -2.15. The van der Waals surface area contributed by atoms with Crippen molar-refractivity contribution in [3.8, 4) is 11.5 Å². The molecular weight excluding hydrogens is 600 g/mol. The van der Waals surface area contributed by atoms with E-state index in [0.717, 1.165) is 26.5 Å². The van der Waals surface area contributed by atoms with E-state index in [1.165, 1.54) is 4.90 Å². The highest BCUT2D eigenvalue weighted by Crippen LogP contribution is 2.38. The summed E-state index contributed by atoms with van der Waals surface area (Å²) in [6.07, 6.45) is 2.30. The van der Waals surface area contributed by atoms with Crippen LogP contribution in [0.2, 0.25) is 10.0 Å². The summed E-state index contributed by atoms with van der Waals surface area (Å²) in [7, 11) is 1.59. The summed E-state index contributed by atoms with van der Waals surface area (Å²) in [6, 6.07) is 9.01. The van der Waals surface area contributed by atoms with Gasteiger partial charge in [-0.3, -0.25) is 14.5 Å². The maximum Gasteiger partial charge on any atom is 0.293 e. The molecule has 1 aliphatic rings. The fraction of sp³-hybridized carbons (Fsp3) is 0.304. The quantitative estimate of drug-likeness (QED) is 0.168. The van der Waals surface area contributed by atoms with E-state index in [1.807, 2.05) is 19.1 Å². The van der Waals surface area contributed by atoms with Gasteiger partial charge in [0.2, 0.25) is 0 Å². The fourth-order valence-electron chi connectivity index (χ4n) is 3.07. The molecule has 2 amide bonds. The number of benzene rings is 2. The number of carbonyl (C=O) groups excluding carboxylic acids is 2. The molecule has 0 spiro atoms. The van der Waals surface area contributed by atoms with Crippen LogP contribution in [0.25, 0.3) is 6.08 Å². The summed E-state index contributed by atoms with van der Waals surface area (Å²) in [5.74, 6) is 0.845. The number of amides is 2. The number of halogens is 3. The molecule has 0 saturated carbocycles. The van der Waals surface area contributed by atoms with Crippen LogP contribution in [0.15, 0.2) is 35.2 Å². The van der Waals surface area contributed by atoms with Gasteiger partial charge in [0, 0.05) is 20.3 Å². The molecule has 33 heavy (non-hydrogen) atoms. The van der Waals surface area contributed by atoms with Crippen molar-refractivity contribution in [3.63, 3.8) is 0 Å². The summed E-state index contributed by atoms with van der Waals surface area (Å²) < 4.78 is 17.6. The maximum absolute atomic E-state index is 12.7. The van der Waals surface area contributed by atoms with Crippen LogP contribution in [-0.2, 0) is 16.1 Å². The van der Waals surface area contributed by atoms with Crippen molar-refractivity contribution in [1.29, 1.82) is 0 Å². The third-order valence-corrected chi connectivity index (χ3v) is 7.05. The average molecular weight is 622 g/mol. The smallest absolute Gasteiger partial charge is 0.293 e. The Bertz CT molecular complexity index is 1080.